The Morgan fingerprint density at radius 2 is 1.38 bits per heavy atom. The largest absolute Gasteiger partial charge is 0.481 e. The van der Waals surface area contributed by atoms with Gasteiger partial charge in [-0.25, -0.2) is 4.79 Å². The molecule has 0 saturated heterocycles. The van der Waals surface area contributed by atoms with E-state index in [1.807, 2.05) is 0 Å². The smallest absolute Gasteiger partial charge is 0.326 e. The lowest BCUT2D eigenvalue weighted by atomic mass is 10.0. The highest BCUT2D eigenvalue weighted by molar-refractivity contribution is 5.96. The lowest BCUT2D eigenvalue weighted by Crippen LogP contribution is -2.58. The molecule has 0 aliphatic carbocycles. The molecule has 0 saturated carbocycles. The number of aliphatic carboxylic acids is 2. The summed E-state index contributed by atoms with van der Waals surface area (Å²) in [6.45, 7) is 0.110. The number of carboxylic acid groups (broad SMARTS) is 2. The molecule has 220 valence electrons. The monoisotopic (exact) mass is 564 g/mol. The van der Waals surface area contributed by atoms with Gasteiger partial charge in [-0.3, -0.25) is 29.0 Å². The van der Waals surface area contributed by atoms with Gasteiger partial charge in [-0.05, 0) is 24.8 Å². The molecular weight excluding hydrogens is 528 g/mol. The minimum absolute atomic E-state index is 0.0441. The van der Waals surface area contributed by atoms with Crippen LogP contribution >= 0.6 is 0 Å². The van der Waals surface area contributed by atoms with Crippen molar-refractivity contribution in [3.8, 4) is 0 Å². The first kappa shape index (κ1) is 33.3. The van der Waals surface area contributed by atoms with E-state index in [0.717, 1.165) is 0 Å². The lowest BCUT2D eigenvalue weighted by molar-refractivity contribution is -0.142. The summed E-state index contributed by atoms with van der Waals surface area (Å²) in [7, 11) is 0. The Hall–Kier alpha value is -4.73. The minimum Gasteiger partial charge on any atom is -0.481 e. The Bertz CT molecular complexity index is 1080. The Labute approximate surface area is 229 Å². The maximum atomic E-state index is 13.2. The van der Waals surface area contributed by atoms with E-state index in [9.17, 15) is 33.9 Å². The maximum Gasteiger partial charge on any atom is 0.326 e. The van der Waals surface area contributed by atoms with Crippen LogP contribution in [-0.2, 0) is 35.2 Å². The Morgan fingerprint density at radius 3 is 1.93 bits per heavy atom. The van der Waals surface area contributed by atoms with E-state index < -0.39 is 66.2 Å². The van der Waals surface area contributed by atoms with E-state index in [1.54, 1.807) is 30.3 Å². The highest BCUT2D eigenvalue weighted by Crippen LogP contribution is 2.07. The third-order valence-corrected chi connectivity index (χ3v) is 5.52. The van der Waals surface area contributed by atoms with E-state index >= 15 is 0 Å². The van der Waals surface area contributed by atoms with Crippen LogP contribution in [0.25, 0.3) is 0 Å². The van der Waals surface area contributed by atoms with Crippen molar-refractivity contribution in [1.82, 2.24) is 16.0 Å². The standard InChI is InChI=1S/C24H36N8O8/c25-14(8-9-19(34)35)20(36)31-16(11-13-5-2-1-3-6-13)21(37)32-17(12-18(26)33)22(38)30-15(23(39)40)7-4-10-29-24(27)28/h1-3,5-6,14-17H,4,7-12,25H2,(H2,26,33)(H,30,38)(H,31,36)(H,32,37)(H,34,35)(H,39,40)(H4,27,28,29). The summed E-state index contributed by atoms with van der Waals surface area (Å²) in [6, 6.07) is 3.03. The van der Waals surface area contributed by atoms with Crippen molar-refractivity contribution in [1.29, 1.82) is 0 Å². The maximum absolute atomic E-state index is 13.2. The topological polar surface area (TPSA) is 295 Å². The first-order chi connectivity index (χ1) is 18.8. The van der Waals surface area contributed by atoms with Crippen molar-refractivity contribution in [2.75, 3.05) is 6.54 Å². The molecule has 40 heavy (non-hydrogen) atoms. The number of nitrogens with zero attached hydrogens (tertiary/aromatic N) is 1. The van der Waals surface area contributed by atoms with Crippen molar-refractivity contribution in [2.24, 2.45) is 27.9 Å². The van der Waals surface area contributed by atoms with Gasteiger partial charge in [0.25, 0.3) is 0 Å². The number of primary amides is 1. The first-order valence-corrected chi connectivity index (χ1v) is 12.3. The van der Waals surface area contributed by atoms with Crippen molar-refractivity contribution in [3.63, 3.8) is 0 Å². The van der Waals surface area contributed by atoms with Crippen LogP contribution in [0.2, 0.25) is 0 Å². The second-order valence-corrected chi connectivity index (χ2v) is 8.87. The number of hydrogen-bond acceptors (Lipinski definition) is 8. The number of carboxylic acids is 2. The van der Waals surface area contributed by atoms with Gasteiger partial charge in [-0.15, -0.1) is 0 Å². The number of guanidine groups is 1. The molecule has 0 heterocycles. The molecule has 0 spiro atoms. The summed E-state index contributed by atoms with van der Waals surface area (Å²) in [5, 5.41) is 25.4. The molecule has 16 nitrogen and oxygen atoms in total. The highest BCUT2D eigenvalue weighted by Gasteiger charge is 2.31. The van der Waals surface area contributed by atoms with Gasteiger partial charge in [0, 0.05) is 19.4 Å². The van der Waals surface area contributed by atoms with Gasteiger partial charge in [0.15, 0.2) is 5.96 Å². The fraction of sp³-hybridized carbons (Fsp3) is 0.458. The van der Waals surface area contributed by atoms with Crippen molar-refractivity contribution in [3.05, 3.63) is 35.9 Å². The van der Waals surface area contributed by atoms with Gasteiger partial charge in [-0.1, -0.05) is 30.3 Å². The van der Waals surface area contributed by atoms with Gasteiger partial charge in [-0.2, -0.15) is 0 Å². The molecule has 0 bridgehead atoms. The number of hydrogen-bond donors (Lipinski definition) is 9. The fourth-order valence-corrected chi connectivity index (χ4v) is 3.46. The normalized spacial score (nSPS) is 13.5. The molecule has 1 rings (SSSR count). The van der Waals surface area contributed by atoms with Crippen LogP contribution in [0.1, 0.15) is 37.7 Å². The quantitative estimate of drug-likeness (QED) is 0.0488. The summed E-state index contributed by atoms with van der Waals surface area (Å²) in [6.07, 6.45) is -1.13. The van der Waals surface area contributed by atoms with E-state index in [4.69, 9.17) is 28.0 Å². The van der Waals surface area contributed by atoms with Crippen LogP contribution in [0, 0.1) is 0 Å². The molecule has 0 aromatic heterocycles. The molecule has 1 aromatic rings. The molecule has 1 aromatic carbocycles. The number of amides is 4. The average Bonchev–Trinajstić information content (AvgIpc) is 2.87. The van der Waals surface area contributed by atoms with Gasteiger partial charge >= 0.3 is 11.9 Å². The summed E-state index contributed by atoms with van der Waals surface area (Å²) < 4.78 is 0. The van der Waals surface area contributed by atoms with Gasteiger partial charge in [0.05, 0.1) is 12.5 Å². The van der Waals surface area contributed by atoms with Crippen LogP contribution in [0.15, 0.2) is 35.3 Å². The fourth-order valence-electron chi connectivity index (χ4n) is 3.46. The summed E-state index contributed by atoms with van der Waals surface area (Å²) in [5.74, 6) is -6.35. The van der Waals surface area contributed by atoms with Crippen LogP contribution in [0.3, 0.4) is 0 Å². The summed E-state index contributed by atoms with van der Waals surface area (Å²) in [5.41, 5.74) is 22.1. The second-order valence-electron chi connectivity index (χ2n) is 8.87. The number of aliphatic imine (C=N–C) groups is 1. The van der Waals surface area contributed by atoms with E-state index in [0.29, 0.717) is 5.56 Å². The molecular formula is C24H36N8O8. The molecule has 0 radical (unpaired) electrons. The Balaban J connectivity index is 3.06. The van der Waals surface area contributed by atoms with Gasteiger partial charge in [0.1, 0.15) is 18.1 Å². The third kappa shape index (κ3) is 13.2. The highest BCUT2D eigenvalue weighted by atomic mass is 16.4. The molecule has 4 amide bonds. The average molecular weight is 565 g/mol. The number of benzene rings is 1. The van der Waals surface area contributed by atoms with Gasteiger partial charge < -0.3 is 49.1 Å². The third-order valence-electron chi connectivity index (χ3n) is 5.52. The minimum atomic E-state index is -1.57. The summed E-state index contributed by atoms with van der Waals surface area (Å²) in [4.78, 5) is 76.6. The van der Waals surface area contributed by atoms with Crippen LogP contribution < -0.4 is 38.9 Å². The SMILES string of the molecule is NC(=O)CC(NC(=O)C(Cc1ccccc1)NC(=O)C(N)CCC(=O)O)C(=O)NC(CCCN=C(N)N)C(=O)O. The van der Waals surface area contributed by atoms with Crippen LogP contribution in [0.4, 0.5) is 0 Å². The molecule has 13 N–H and O–H groups in total. The molecule has 0 fully saturated rings. The first-order valence-electron chi connectivity index (χ1n) is 12.3. The van der Waals surface area contributed by atoms with Crippen molar-refractivity contribution >= 4 is 41.5 Å². The van der Waals surface area contributed by atoms with Crippen molar-refractivity contribution < 1.29 is 39.0 Å². The summed E-state index contributed by atoms with van der Waals surface area (Å²) >= 11 is 0. The molecule has 4 unspecified atom stereocenters. The zero-order valence-electron chi connectivity index (χ0n) is 21.7. The predicted molar refractivity (Wildman–Crippen MR) is 142 cm³/mol. The molecule has 16 heteroatoms. The molecule has 0 aliphatic heterocycles. The second kappa shape index (κ2) is 17.0. The van der Waals surface area contributed by atoms with E-state index in [-0.39, 0.29) is 44.6 Å². The predicted octanol–water partition coefficient (Wildman–Crippen LogP) is -3.11. The number of rotatable bonds is 18. The molecule has 0 aliphatic rings. The zero-order valence-corrected chi connectivity index (χ0v) is 21.7. The van der Waals surface area contributed by atoms with E-state index in [1.165, 1.54) is 0 Å². The Morgan fingerprint density at radius 1 is 0.800 bits per heavy atom. The lowest BCUT2D eigenvalue weighted by Gasteiger charge is -2.25. The van der Waals surface area contributed by atoms with Crippen LogP contribution in [0.5, 0.6) is 0 Å². The van der Waals surface area contributed by atoms with Crippen LogP contribution in [-0.4, -0.2) is 82.5 Å². The Kier molecular flexibility index (Phi) is 14.1. The van der Waals surface area contributed by atoms with Gasteiger partial charge in [0.2, 0.25) is 23.6 Å². The van der Waals surface area contributed by atoms with Crippen molar-refractivity contribution in [2.45, 2.75) is 62.7 Å². The number of carbonyl (C=O) groups excluding carboxylic acids is 4. The number of carbonyl (C=O) groups is 6. The number of nitrogens with one attached hydrogen (secondary N) is 3. The van der Waals surface area contributed by atoms with E-state index in [2.05, 4.69) is 20.9 Å². The molecule has 4 atom stereocenters. The number of nitrogens with two attached hydrogens (primary N) is 4. The zero-order chi connectivity index (χ0) is 30.2.